The number of amides is 3. The molecule has 3 aromatic rings. The molecule has 0 unspecified atom stereocenters. The van der Waals surface area contributed by atoms with E-state index in [0.717, 1.165) is 22.2 Å². The molecule has 0 radical (unpaired) electrons. The number of aryl methyl sites for hydroxylation is 1. The van der Waals surface area contributed by atoms with E-state index in [1.165, 1.54) is 25.3 Å². The van der Waals surface area contributed by atoms with Crippen LogP contribution < -0.4 is 14.8 Å². The molecule has 1 fully saturated rings. The van der Waals surface area contributed by atoms with Crippen molar-refractivity contribution in [3.8, 4) is 11.5 Å². The molecular formula is C27H22ClN3O7S. The average Bonchev–Trinajstić information content (AvgIpc) is 3.17. The van der Waals surface area contributed by atoms with Gasteiger partial charge in [-0.05, 0) is 65.7 Å². The third kappa shape index (κ3) is 6.75. The SMILES string of the molecule is COc1cc(/C=C2/SC(=O)N(CC(=O)Nc3ccc(C)c(Cl)c3)C2=O)ccc1OCc1cccc([N+](=O)[O-])c1. The van der Waals surface area contributed by atoms with E-state index in [1.807, 2.05) is 6.92 Å². The first kappa shape index (κ1) is 27.7. The molecule has 3 aromatic carbocycles. The summed E-state index contributed by atoms with van der Waals surface area (Å²) in [5.41, 5.74) is 2.45. The second-order valence-corrected chi connectivity index (χ2v) is 9.81. The minimum absolute atomic E-state index is 0.0376. The first-order valence-corrected chi connectivity index (χ1v) is 12.7. The summed E-state index contributed by atoms with van der Waals surface area (Å²) in [4.78, 5) is 49.3. The van der Waals surface area contributed by atoms with Crippen molar-refractivity contribution in [2.24, 2.45) is 0 Å². The smallest absolute Gasteiger partial charge is 0.294 e. The lowest BCUT2D eigenvalue weighted by molar-refractivity contribution is -0.384. The average molecular weight is 568 g/mol. The first-order valence-electron chi connectivity index (χ1n) is 11.5. The second kappa shape index (κ2) is 12.0. The van der Waals surface area contributed by atoms with Crippen molar-refractivity contribution < 1.29 is 28.8 Å². The van der Waals surface area contributed by atoms with Crippen LogP contribution in [-0.4, -0.2) is 40.5 Å². The fourth-order valence-corrected chi connectivity index (χ4v) is 4.64. The Hall–Kier alpha value is -4.35. The third-order valence-corrected chi connectivity index (χ3v) is 6.95. The van der Waals surface area contributed by atoms with Gasteiger partial charge in [-0.25, -0.2) is 0 Å². The number of hydrogen-bond donors (Lipinski definition) is 1. The van der Waals surface area contributed by atoms with Gasteiger partial charge in [0, 0.05) is 22.8 Å². The number of nitrogens with zero attached hydrogens (tertiary/aromatic N) is 2. The van der Waals surface area contributed by atoms with Gasteiger partial charge in [-0.3, -0.25) is 29.4 Å². The van der Waals surface area contributed by atoms with Crippen molar-refractivity contribution in [3.63, 3.8) is 0 Å². The Bertz CT molecular complexity index is 1510. The number of thioether (sulfide) groups is 1. The lowest BCUT2D eigenvalue weighted by Crippen LogP contribution is -2.36. The molecule has 12 heteroatoms. The minimum atomic E-state index is -0.591. The third-order valence-electron chi connectivity index (χ3n) is 5.63. The number of nitrogens with one attached hydrogen (secondary N) is 1. The van der Waals surface area contributed by atoms with Gasteiger partial charge in [-0.1, -0.05) is 35.9 Å². The van der Waals surface area contributed by atoms with Crippen molar-refractivity contribution in [3.05, 3.63) is 97.4 Å². The van der Waals surface area contributed by atoms with Crippen LogP contribution in [0.1, 0.15) is 16.7 Å². The topological polar surface area (TPSA) is 128 Å². The number of nitro benzene ring substituents is 1. The molecule has 1 aliphatic heterocycles. The van der Waals surface area contributed by atoms with Gasteiger partial charge in [0.2, 0.25) is 5.91 Å². The number of carbonyl (C=O) groups is 3. The number of rotatable bonds is 9. The summed E-state index contributed by atoms with van der Waals surface area (Å²) in [5.74, 6) is -0.371. The second-order valence-electron chi connectivity index (χ2n) is 8.41. The number of non-ortho nitro benzene ring substituents is 1. The van der Waals surface area contributed by atoms with Crippen molar-refractivity contribution >= 4 is 57.9 Å². The molecule has 1 aliphatic rings. The Morgan fingerprint density at radius 2 is 1.92 bits per heavy atom. The Labute approximate surface area is 232 Å². The van der Waals surface area contributed by atoms with Gasteiger partial charge in [0.05, 0.1) is 16.9 Å². The summed E-state index contributed by atoms with van der Waals surface area (Å²) in [5, 5.41) is 13.5. The molecule has 1 N–H and O–H groups in total. The maximum absolute atomic E-state index is 12.9. The Kier molecular flexibility index (Phi) is 8.52. The highest BCUT2D eigenvalue weighted by molar-refractivity contribution is 8.18. The van der Waals surface area contributed by atoms with E-state index in [4.69, 9.17) is 21.1 Å². The predicted molar refractivity (Wildman–Crippen MR) is 148 cm³/mol. The Balaban J connectivity index is 1.42. The summed E-state index contributed by atoms with van der Waals surface area (Å²) in [6.07, 6.45) is 1.52. The van der Waals surface area contributed by atoms with E-state index in [0.29, 0.717) is 33.3 Å². The van der Waals surface area contributed by atoms with E-state index < -0.39 is 28.5 Å². The fourth-order valence-electron chi connectivity index (χ4n) is 3.62. The summed E-state index contributed by atoms with van der Waals surface area (Å²) in [6, 6.07) is 16.1. The van der Waals surface area contributed by atoms with Crippen molar-refractivity contribution in [2.45, 2.75) is 13.5 Å². The van der Waals surface area contributed by atoms with Gasteiger partial charge in [-0.15, -0.1) is 0 Å². The maximum Gasteiger partial charge on any atom is 0.294 e. The number of methoxy groups -OCH3 is 1. The van der Waals surface area contributed by atoms with Crippen LogP contribution in [-0.2, 0) is 16.2 Å². The van der Waals surface area contributed by atoms with E-state index in [1.54, 1.807) is 48.5 Å². The minimum Gasteiger partial charge on any atom is -0.493 e. The molecule has 0 atom stereocenters. The van der Waals surface area contributed by atoms with Crippen LogP contribution in [0.25, 0.3) is 6.08 Å². The molecule has 0 aliphatic carbocycles. The van der Waals surface area contributed by atoms with Crippen LogP contribution >= 0.6 is 23.4 Å². The summed E-state index contributed by atoms with van der Waals surface area (Å²) in [6.45, 7) is 1.46. The molecule has 0 bridgehead atoms. The zero-order valence-corrected chi connectivity index (χ0v) is 22.4. The van der Waals surface area contributed by atoms with Gasteiger partial charge >= 0.3 is 0 Å². The molecule has 10 nitrogen and oxygen atoms in total. The molecule has 1 heterocycles. The van der Waals surface area contributed by atoms with Crippen molar-refractivity contribution in [1.82, 2.24) is 4.90 Å². The van der Waals surface area contributed by atoms with Crippen molar-refractivity contribution in [1.29, 1.82) is 0 Å². The largest absolute Gasteiger partial charge is 0.493 e. The summed E-state index contributed by atoms with van der Waals surface area (Å²) >= 11 is 6.81. The normalized spacial score (nSPS) is 14.0. The molecule has 1 saturated heterocycles. The molecule has 0 spiro atoms. The van der Waals surface area contributed by atoms with Crippen LogP contribution in [0.5, 0.6) is 11.5 Å². The number of imide groups is 1. The number of carbonyl (C=O) groups excluding carboxylic acids is 3. The number of ether oxygens (including phenoxy) is 2. The zero-order valence-electron chi connectivity index (χ0n) is 20.8. The zero-order chi connectivity index (χ0) is 28.1. The van der Waals surface area contributed by atoms with Gasteiger partial charge in [0.25, 0.3) is 16.8 Å². The van der Waals surface area contributed by atoms with Crippen molar-refractivity contribution in [2.75, 3.05) is 19.0 Å². The number of anilines is 1. The van der Waals surface area contributed by atoms with Gasteiger partial charge < -0.3 is 14.8 Å². The molecule has 0 aromatic heterocycles. The van der Waals surface area contributed by atoms with E-state index in [-0.39, 0.29) is 17.2 Å². The van der Waals surface area contributed by atoms with Gasteiger partial charge in [-0.2, -0.15) is 0 Å². The molecule has 3 amide bonds. The van der Waals surface area contributed by atoms with Crippen LogP contribution in [0, 0.1) is 17.0 Å². The number of halogens is 1. The lowest BCUT2D eigenvalue weighted by Gasteiger charge is -2.13. The lowest BCUT2D eigenvalue weighted by atomic mass is 10.1. The number of nitro groups is 1. The highest BCUT2D eigenvalue weighted by Crippen LogP contribution is 2.35. The van der Waals surface area contributed by atoms with Gasteiger partial charge in [0.1, 0.15) is 13.2 Å². The number of benzene rings is 3. The molecular weight excluding hydrogens is 546 g/mol. The standard InChI is InChI=1S/C27H22ClN3O7S/c1-16-6-8-19(13-21(16)28)29-25(32)14-30-26(33)24(39-27(30)34)12-17-7-9-22(23(11-17)37-2)38-15-18-4-3-5-20(10-18)31(35)36/h3-13H,14-15H2,1-2H3,(H,29,32)/b24-12+. The molecule has 39 heavy (non-hydrogen) atoms. The van der Waals surface area contributed by atoms with Gasteiger partial charge in [0.15, 0.2) is 11.5 Å². The fraction of sp³-hybridized carbons (Fsp3) is 0.148. The summed E-state index contributed by atoms with van der Waals surface area (Å²) in [7, 11) is 1.45. The maximum atomic E-state index is 12.9. The van der Waals surface area contributed by atoms with Crippen LogP contribution in [0.15, 0.2) is 65.6 Å². The molecule has 0 saturated carbocycles. The molecule has 200 valence electrons. The van der Waals surface area contributed by atoms with Crippen LogP contribution in [0.3, 0.4) is 0 Å². The first-order chi connectivity index (χ1) is 18.6. The predicted octanol–water partition coefficient (Wildman–Crippen LogP) is 5.82. The number of hydrogen-bond acceptors (Lipinski definition) is 8. The summed E-state index contributed by atoms with van der Waals surface area (Å²) < 4.78 is 11.2. The van der Waals surface area contributed by atoms with Crippen LogP contribution in [0.4, 0.5) is 16.2 Å². The quantitative estimate of drug-likeness (QED) is 0.195. The van der Waals surface area contributed by atoms with Crippen LogP contribution in [0.2, 0.25) is 5.02 Å². The van der Waals surface area contributed by atoms with E-state index in [2.05, 4.69) is 5.32 Å². The Morgan fingerprint density at radius 1 is 1.13 bits per heavy atom. The van der Waals surface area contributed by atoms with E-state index >= 15 is 0 Å². The highest BCUT2D eigenvalue weighted by Gasteiger charge is 2.36. The molecule has 4 rings (SSSR count). The Morgan fingerprint density at radius 3 is 2.64 bits per heavy atom. The highest BCUT2D eigenvalue weighted by atomic mass is 35.5. The monoisotopic (exact) mass is 567 g/mol. The van der Waals surface area contributed by atoms with E-state index in [9.17, 15) is 24.5 Å².